The van der Waals surface area contributed by atoms with E-state index >= 15 is 0 Å². The van der Waals surface area contributed by atoms with Gasteiger partial charge in [0.2, 0.25) is 0 Å². The summed E-state index contributed by atoms with van der Waals surface area (Å²) < 4.78 is 10.2. The van der Waals surface area contributed by atoms with Crippen LogP contribution in [0.15, 0.2) is 30.3 Å². The number of carbonyl (C=O) groups is 1. The standard InChI is InChI=1S/C11H14O.C5H11NO2/c1-2-5-10(6-3-1)9-12-11-7-4-8-11;1-5(2,3)8-4(6)7/h1-3,5-6,11H,4,7-9H2;1-3H3,(H2,6,7). The molecule has 1 aliphatic carbocycles. The number of benzene rings is 1. The van der Waals surface area contributed by atoms with Crippen LogP contribution in [0.3, 0.4) is 0 Å². The fourth-order valence-electron chi connectivity index (χ4n) is 1.63. The highest BCUT2D eigenvalue weighted by molar-refractivity contribution is 5.65. The van der Waals surface area contributed by atoms with Crippen molar-refractivity contribution in [3.63, 3.8) is 0 Å². The van der Waals surface area contributed by atoms with Crippen molar-refractivity contribution in [2.45, 2.75) is 58.3 Å². The normalized spacial score (nSPS) is 14.8. The molecule has 0 spiro atoms. The van der Waals surface area contributed by atoms with Gasteiger partial charge in [-0.25, -0.2) is 4.79 Å². The van der Waals surface area contributed by atoms with Gasteiger partial charge in [0.1, 0.15) is 5.60 Å². The first-order chi connectivity index (χ1) is 9.37. The summed E-state index contributed by atoms with van der Waals surface area (Å²) in [7, 11) is 0. The Hall–Kier alpha value is -1.55. The molecule has 1 aromatic rings. The third-order valence-corrected chi connectivity index (χ3v) is 2.79. The number of primary amides is 1. The second kappa shape index (κ2) is 7.90. The van der Waals surface area contributed by atoms with Crippen LogP contribution in [-0.2, 0) is 16.1 Å². The Morgan fingerprint density at radius 1 is 1.25 bits per heavy atom. The molecule has 4 heteroatoms. The molecule has 1 saturated carbocycles. The molecule has 0 heterocycles. The molecule has 0 saturated heterocycles. The highest BCUT2D eigenvalue weighted by Crippen LogP contribution is 2.22. The van der Waals surface area contributed by atoms with E-state index in [0.29, 0.717) is 6.10 Å². The molecule has 1 amide bonds. The first kappa shape index (κ1) is 16.5. The highest BCUT2D eigenvalue weighted by atomic mass is 16.6. The molecule has 2 rings (SSSR count). The van der Waals surface area contributed by atoms with Crippen molar-refractivity contribution in [3.8, 4) is 0 Å². The second-order valence-corrected chi connectivity index (χ2v) is 5.88. The molecule has 112 valence electrons. The lowest BCUT2D eigenvalue weighted by Crippen LogP contribution is -2.27. The number of nitrogens with two attached hydrogens (primary N) is 1. The summed E-state index contributed by atoms with van der Waals surface area (Å²) in [4.78, 5) is 10.0. The summed E-state index contributed by atoms with van der Waals surface area (Å²) in [5.41, 5.74) is 5.55. The van der Waals surface area contributed by atoms with E-state index in [9.17, 15) is 4.79 Å². The molecular weight excluding hydrogens is 254 g/mol. The second-order valence-electron chi connectivity index (χ2n) is 5.88. The Bertz CT molecular complexity index is 394. The smallest absolute Gasteiger partial charge is 0.405 e. The number of amides is 1. The first-order valence-electron chi connectivity index (χ1n) is 7.01. The SMILES string of the molecule is CC(C)(C)OC(N)=O.c1ccc(COC2CCC2)cc1. The lowest BCUT2D eigenvalue weighted by molar-refractivity contribution is -0.00866. The van der Waals surface area contributed by atoms with Gasteiger partial charge in [-0.2, -0.15) is 0 Å². The van der Waals surface area contributed by atoms with Crippen molar-refractivity contribution >= 4 is 6.09 Å². The predicted octanol–water partition coefficient (Wildman–Crippen LogP) is 3.64. The van der Waals surface area contributed by atoms with E-state index in [1.54, 1.807) is 20.8 Å². The van der Waals surface area contributed by atoms with E-state index < -0.39 is 11.7 Å². The number of ether oxygens (including phenoxy) is 2. The maximum Gasteiger partial charge on any atom is 0.405 e. The van der Waals surface area contributed by atoms with Gasteiger partial charge < -0.3 is 15.2 Å². The molecule has 1 aliphatic rings. The van der Waals surface area contributed by atoms with Crippen molar-refractivity contribution in [2.75, 3.05) is 0 Å². The molecular formula is C16H25NO3. The summed E-state index contributed by atoms with van der Waals surface area (Å²) in [6.45, 7) is 6.07. The van der Waals surface area contributed by atoms with Gasteiger partial charge in [-0.05, 0) is 45.6 Å². The Labute approximate surface area is 121 Å². The topological polar surface area (TPSA) is 61.5 Å². The molecule has 20 heavy (non-hydrogen) atoms. The Balaban J connectivity index is 0.000000221. The van der Waals surface area contributed by atoms with Crippen molar-refractivity contribution < 1.29 is 14.3 Å². The summed E-state index contributed by atoms with van der Waals surface area (Å²) >= 11 is 0. The molecule has 2 N–H and O–H groups in total. The minimum Gasteiger partial charge on any atom is -0.444 e. The van der Waals surface area contributed by atoms with Gasteiger partial charge >= 0.3 is 6.09 Å². The molecule has 0 aromatic heterocycles. The lowest BCUT2D eigenvalue weighted by atomic mass is 9.96. The van der Waals surface area contributed by atoms with Crippen LogP contribution < -0.4 is 5.73 Å². The van der Waals surface area contributed by atoms with Crippen LogP contribution >= 0.6 is 0 Å². The van der Waals surface area contributed by atoms with Crippen molar-refractivity contribution in [1.29, 1.82) is 0 Å². The lowest BCUT2D eigenvalue weighted by Gasteiger charge is -2.25. The van der Waals surface area contributed by atoms with Crippen LogP contribution in [0.25, 0.3) is 0 Å². The van der Waals surface area contributed by atoms with E-state index in [-0.39, 0.29) is 0 Å². The summed E-state index contributed by atoms with van der Waals surface area (Å²) in [6, 6.07) is 10.4. The molecule has 1 aromatic carbocycles. The van der Waals surface area contributed by atoms with Crippen LogP contribution in [0.5, 0.6) is 0 Å². The Morgan fingerprint density at radius 2 is 1.85 bits per heavy atom. The molecule has 0 bridgehead atoms. The third kappa shape index (κ3) is 7.79. The van der Waals surface area contributed by atoms with Gasteiger partial charge in [0.15, 0.2) is 0 Å². The molecule has 0 atom stereocenters. The zero-order chi connectivity index (χ0) is 15.0. The Morgan fingerprint density at radius 3 is 2.20 bits per heavy atom. The van der Waals surface area contributed by atoms with Crippen LogP contribution in [0, 0.1) is 0 Å². The van der Waals surface area contributed by atoms with Crippen molar-refractivity contribution in [1.82, 2.24) is 0 Å². The van der Waals surface area contributed by atoms with Crippen LogP contribution in [0.1, 0.15) is 45.6 Å². The number of hydrogen-bond acceptors (Lipinski definition) is 3. The molecule has 4 nitrogen and oxygen atoms in total. The van der Waals surface area contributed by atoms with Gasteiger partial charge in [-0.1, -0.05) is 30.3 Å². The van der Waals surface area contributed by atoms with Gasteiger partial charge in [0.05, 0.1) is 12.7 Å². The zero-order valence-electron chi connectivity index (χ0n) is 12.6. The highest BCUT2D eigenvalue weighted by Gasteiger charge is 2.17. The summed E-state index contributed by atoms with van der Waals surface area (Å²) in [5, 5.41) is 0. The van der Waals surface area contributed by atoms with Gasteiger partial charge in [-0.15, -0.1) is 0 Å². The fraction of sp³-hybridized carbons (Fsp3) is 0.562. The van der Waals surface area contributed by atoms with Gasteiger partial charge in [-0.3, -0.25) is 0 Å². The largest absolute Gasteiger partial charge is 0.444 e. The van der Waals surface area contributed by atoms with Crippen LogP contribution in [-0.4, -0.2) is 17.8 Å². The minimum absolute atomic E-state index is 0.453. The number of carbonyl (C=O) groups excluding carboxylic acids is 1. The van der Waals surface area contributed by atoms with Crippen molar-refractivity contribution in [3.05, 3.63) is 35.9 Å². The van der Waals surface area contributed by atoms with Crippen LogP contribution in [0.2, 0.25) is 0 Å². The fourth-order valence-corrected chi connectivity index (χ4v) is 1.63. The van der Waals surface area contributed by atoms with E-state index in [1.807, 2.05) is 6.07 Å². The number of rotatable bonds is 3. The van der Waals surface area contributed by atoms with E-state index in [4.69, 9.17) is 10.5 Å². The predicted molar refractivity (Wildman–Crippen MR) is 79.3 cm³/mol. The van der Waals surface area contributed by atoms with Gasteiger partial charge in [0, 0.05) is 0 Å². The quantitative estimate of drug-likeness (QED) is 0.919. The number of hydrogen-bond donors (Lipinski definition) is 1. The molecule has 0 aliphatic heterocycles. The third-order valence-electron chi connectivity index (χ3n) is 2.79. The van der Waals surface area contributed by atoms with E-state index in [1.165, 1.54) is 24.8 Å². The Kier molecular flexibility index (Phi) is 6.52. The maximum atomic E-state index is 10.0. The summed E-state index contributed by atoms with van der Waals surface area (Å²) in [5.74, 6) is 0. The van der Waals surface area contributed by atoms with E-state index in [2.05, 4.69) is 29.0 Å². The maximum absolute atomic E-state index is 10.0. The summed E-state index contributed by atoms with van der Waals surface area (Å²) in [6.07, 6.45) is 3.68. The van der Waals surface area contributed by atoms with Crippen molar-refractivity contribution in [2.24, 2.45) is 5.73 Å². The average molecular weight is 279 g/mol. The van der Waals surface area contributed by atoms with Crippen LogP contribution in [0.4, 0.5) is 4.79 Å². The minimum atomic E-state index is -0.725. The molecule has 0 unspecified atom stereocenters. The first-order valence-corrected chi connectivity index (χ1v) is 7.01. The zero-order valence-corrected chi connectivity index (χ0v) is 12.6. The van der Waals surface area contributed by atoms with Gasteiger partial charge in [0.25, 0.3) is 0 Å². The average Bonchev–Trinajstić information content (AvgIpc) is 2.25. The monoisotopic (exact) mass is 279 g/mol. The molecule has 0 radical (unpaired) electrons. The molecule has 1 fully saturated rings. The van der Waals surface area contributed by atoms with E-state index in [0.717, 1.165) is 6.61 Å².